The van der Waals surface area contributed by atoms with Gasteiger partial charge in [0.05, 0.1) is 17.6 Å². The summed E-state index contributed by atoms with van der Waals surface area (Å²) in [5.41, 5.74) is 11.2. The van der Waals surface area contributed by atoms with E-state index in [0.717, 1.165) is 23.4 Å². The molecule has 0 spiro atoms. The van der Waals surface area contributed by atoms with E-state index < -0.39 is 5.82 Å². The first kappa shape index (κ1) is 20.3. The van der Waals surface area contributed by atoms with Crippen LogP contribution in [0.4, 0.5) is 15.9 Å². The average molecular weight is 410 g/mol. The second kappa shape index (κ2) is 9.22. The largest absolute Gasteiger partial charge is 0.399 e. The van der Waals surface area contributed by atoms with Crippen molar-refractivity contribution < 1.29 is 4.39 Å². The molecular formula is C26H23FN4. The van der Waals surface area contributed by atoms with Crippen molar-refractivity contribution in [3.05, 3.63) is 120 Å². The lowest BCUT2D eigenvalue weighted by Gasteiger charge is -2.14. The number of nitrogens with two attached hydrogens (primary N) is 1. The molecule has 0 aliphatic heterocycles. The minimum Gasteiger partial charge on any atom is -0.399 e. The summed E-state index contributed by atoms with van der Waals surface area (Å²) in [5.74, 6) is 0.230. The van der Waals surface area contributed by atoms with Gasteiger partial charge in [-0.1, -0.05) is 55.1 Å². The molecule has 0 saturated heterocycles. The molecule has 4 nitrogen and oxygen atoms in total. The molecule has 31 heavy (non-hydrogen) atoms. The van der Waals surface area contributed by atoms with E-state index in [9.17, 15) is 4.39 Å². The van der Waals surface area contributed by atoms with Gasteiger partial charge in [0.15, 0.2) is 5.82 Å². The van der Waals surface area contributed by atoms with Crippen LogP contribution >= 0.6 is 0 Å². The number of aromatic nitrogens is 2. The van der Waals surface area contributed by atoms with Crippen molar-refractivity contribution in [1.29, 1.82) is 0 Å². The van der Waals surface area contributed by atoms with Crippen molar-refractivity contribution in [1.82, 2.24) is 9.97 Å². The van der Waals surface area contributed by atoms with Crippen molar-refractivity contribution >= 4 is 11.5 Å². The number of nitrogen functional groups attached to an aromatic ring is 1. The van der Waals surface area contributed by atoms with Crippen LogP contribution in [0.3, 0.4) is 0 Å². The van der Waals surface area contributed by atoms with Crippen molar-refractivity contribution in [3.8, 4) is 11.3 Å². The fraction of sp³-hybridized carbons (Fsp3) is 0.0769. The molecule has 0 unspecified atom stereocenters. The molecule has 3 N–H and O–H groups in total. The van der Waals surface area contributed by atoms with E-state index >= 15 is 0 Å². The molecule has 0 bridgehead atoms. The fourth-order valence-corrected chi connectivity index (χ4v) is 3.40. The molecular weight excluding hydrogens is 387 g/mol. The molecule has 154 valence electrons. The lowest BCUT2D eigenvalue weighted by Crippen LogP contribution is -2.07. The molecule has 0 atom stereocenters. The second-order valence-corrected chi connectivity index (χ2v) is 7.29. The van der Waals surface area contributed by atoms with Gasteiger partial charge in [0.2, 0.25) is 0 Å². The quantitative estimate of drug-likeness (QED) is 0.380. The molecule has 5 heteroatoms. The highest BCUT2D eigenvalue weighted by atomic mass is 19.1. The van der Waals surface area contributed by atoms with E-state index in [1.54, 1.807) is 18.3 Å². The first-order valence-corrected chi connectivity index (χ1v) is 10.0. The third-order valence-electron chi connectivity index (χ3n) is 4.90. The van der Waals surface area contributed by atoms with Crippen molar-refractivity contribution in [2.24, 2.45) is 0 Å². The summed E-state index contributed by atoms with van der Waals surface area (Å²) in [6, 6.07) is 14.4. The van der Waals surface area contributed by atoms with Crippen LogP contribution in [-0.4, -0.2) is 9.97 Å². The van der Waals surface area contributed by atoms with Crippen LogP contribution in [-0.2, 0) is 6.42 Å². The number of rotatable bonds is 7. The van der Waals surface area contributed by atoms with Gasteiger partial charge in [-0.15, -0.1) is 0 Å². The fourth-order valence-electron chi connectivity index (χ4n) is 3.40. The summed E-state index contributed by atoms with van der Waals surface area (Å²) in [6.45, 7) is 3.92. The van der Waals surface area contributed by atoms with E-state index in [0.29, 0.717) is 29.2 Å². The van der Waals surface area contributed by atoms with E-state index in [4.69, 9.17) is 10.7 Å². The van der Waals surface area contributed by atoms with Gasteiger partial charge in [-0.3, -0.25) is 0 Å². The summed E-state index contributed by atoms with van der Waals surface area (Å²) in [5, 5.41) is 3.35. The number of hydrogen-bond acceptors (Lipinski definition) is 4. The Morgan fingerprint density at radius 1 is 1.19 bits per heavy atom. The van der Waals surface area contributed by atoms with Crippen molar-refractivity contribution in [2.75, 3.05) is 11.1 Å². The maximum Gasteiger partial charge on any atom is 0.152 e. The van der Waals surface area contributed by atoms with Gasteiger partial charge in [-0.2, -0.15) is 0 Å². The Morgan fingerprint density at radius 2 is 2.03 bits per heavy atom. The molecule has 1 aliphatic rings. The molecule has 0 radical (unpaired) electrons. The second-order valence-electron chi connectivity index (χ2n) is 7.29. The Bertz CT molecular complexity index is 1170. The van der Waals surface area contributed by atoms with Crippen molar-refractivity contribution in [3.63, 3.8) is 0 Å². The Labute approximate surface area is 181 Å². The highest BCUT2D eigenvalue weighted by molar-refractivity contribution is 5.65. The third-order valence-corrected chi connectivity index (χ3v) is 4.90. The monoisotopic (exact) mass is 410 g/mol. The van der Waals surface area contributed by atoms with Crippen LogP contribution in [0.25, 0.3) is 11.3 Å². The zero-order valence-electron chi connectivity index (χ0n) is 17.1. The topological polar surface area (TPSA) is 63.8 Å². The van der Waals surface area contributed by atoms with Crippen LogP contribution in [0.5, 0.6) is 0 Å². The van der Waals surface area contributed by atoms with Crippen LogP contribution < -0.4 is 11.1 Å². The van der Waals surface area contributed by atoms with Gasteiger partial charge in [0.1, 0.15) is 5.82 Å². The predicted molar refractivity (Wildman–Crippen MR) is 125 cm³/mol. The first-order chi connectivity index (χ1) is 15.1. The van der Waals surface area contributed by atoms with E-state index in [-0.39, 0.29) is 0 Å². The summed E-state index contributed by atoms with van der Waals surface area (Å²) in [6.07, 6.45) is 13.1. The predicted octanol–water partition coefficient (Wildman–Crippen LogP) is 5.82. The number of halogens is 1. The van der Waals surface area contributed by atoms with Gasteiger partial charge in [-0.05, 0) is 47.9 Å². The van der Waals surface area contributed by atoms with E-state index in [1.807, 2.05) is 42.5 Å². The Kier molecular flexibility index (Phi) is 6.03. The van der Waals surface area contributed by atoms with Gasteiger partial charge >= 0.3 is 0 Å². The molecule has 2 aromatic carbocycles. The lowest BCUT2D eigenvalue weighted by molar-refractivity contribution is 0.629. The number of nitrogens with zero attached hydrogens (tertiary/aromatic N) is 2. The van der Waals surface area contributed by atoms with Crippen LogP contribution in [0.2, 0.25) is 0 Å². The normalized spacial score (nSPS) is 13.2. The van der Waals surface area contributed by atoms with E-state index in [2.05, 4.69) is 29.0 Å². The molecule has 1 heterocycles. The SMILES string of the molecule is C=C/C(=C/C1=CC=CC1)Nc1ncc(-c2cc(N)cc(F)c2)nc1Cc1ccccc1. The number of allylic oxidation sites excluding steroid dienone is 6. The highest BCUT2D eigenvalue weighted by Gasteiger charge is 2.12. The Morgan fingerprint density at radius 3 is 2.74 bits per heavy atom. The number of hydrogen-bond donors (Lipinski definition) is 2. The molecule has 1 aliphatic carbocycles. The maximum atomic E-state index is 13.9. The molecule has 3 aromatic rings. The van der Waals surface area contributed by atoms with Crippen LogP contribution in [0.1, 0.15) is 17.7 Å². The smallest absolute Gasteiger partial charge is 0.152 e. The Balaban J connectivity index is 1.72. The lowest BCUT2D eigenvalue weighted by atomic mass is 10.1. The van der Waals surface area contributed by atoms with Gasteiger partial charge in [0, 0.05) is 23.4 Å². The third kappa shape index (κ3) is 5.14. The minimum atomic E-state index is -0.404. The van der Waals surface area contributed by atoms with Crippen molar-refractivity contribution in [2.45, 2.75) is 12.8 Å². The summed E-state index contributed by atoms with van der Waals surface area (Å²) in [4.78, 5) is 9.42. The maximum absolute atomic E-state index is 13.9. The zero-order chi connectivity index (χ0) is 21.6. The van der Waals surface area contributed by atoms with Gasteiger partial charge in [0.25, 0.3) is 0 Å². The number of nitrogens with one attached hydrogen (secondary N) is 1. The summed E-state index contributed by atoms with van der Waals surface area (Å²) < 4.78 is 13.9. The minimum absolute atomic E-state index is 0.346. The average Bonchev–Trinajstić information content (AvgIpc) is 3.27. The Hall–Kier alpha value is -3.99. The standard InChI is InChI=1S/C26H23FN4/c1-2-23(12-18-10-6-7-11-18)30-26-24(13-19-8-4-3-5-9-19)31-25(17-29-26)20-14-21(27)16-22(28)15-20/h2-10,12,14-17H,1,11,13,28H2,(H,29,30)/b23-12-. The van der Waals surface area contributed by atoms with E-state index in [1.165, 1.54) is 17.7 Å². The number of anilines is 2. The molecule has 0 amide bonds. The molecule has 1 aromatic heterocycles. The van der Waals surface area contributed by atoms with Gasteiger partial charge < -0.3 is 11.1 Å². The summed E-state index contributed by atoms with van der Waals surface area (Å²) in [7, 11) is 0. The number of benzene rings is 2. The van der Waals surface area contributed by atoms with Crippen LogP contribution in [0, 0.1) is 5.82 Å². The van der Waals surface area contributed by atoms with Crippen LogP contribution in [0.15, 0.2) is 103 Å². The molecule has 4 rings (SSSR count). The van der Waals surface area contributed by atoms with Gasteiger partial charge in [-0.25, -0.2) is 14.4 Å². The molecule has 0 fully saturated rings. The molecule has 0 saturated carbocycles. The first-order valence-electron chi connectivity index (χ1n) is 10.0. The highest BCUT2D eigenvalue weighted by Crippen LogP contribution is 2.25. The zero-order valence-corrected chi connectivity index (χ0v) is 17.1. The summed E-state index contributed by atoms with van der Waals surface area (Å²) >= 11 is 0.